The van der Waals surface area contributed by atoms with E-state index in [4.69, 9.17) is 0 Å². The summed E-state index contributed by atoms with van der Waals surface area (Å²) in [5.41, 5.74) is 4.41. The van der Waals surface area contributed by atoms with E-state index in [-0.39, 0.29) is 0 Å². The monoisotopic (exact) mass is 222 g/mol. The van der Waals surface area contributed by atoms with Crippen LogP contribution >= 0.6 is 0 Å². The van der Waals surface area contributed by atoms with Gasteiger partial charge in [-0.15, -0.1) is 0 Å². The molecule has 0 spiro atoms. The van der Waals surface area contributed by atoms with Crippen molar-refractivity contribution in [2.45, 2.75) is 26.2 Å². The van der Waals surface area contributed by atoms with E-state index in [1.807, 2.05) is 0 Å². The summed E-state index contributed by atoms with van der Waals surface area (Å²) in [4.78, 5) is 0. The van der Waals surface area contributed by atoms with E-state index < -0.39 is 0 Å². The molecule has 0 amide bonds. The highest BCUT2D eigenvalue weighted by Crippen LogP contribution is 2.32. The van der Waals surface area contributed by atoms with Crippen LogP contribution in [0.25, 0.3) is 10.8 Å². The van der Waals surface area contributed by atoms with Gasteiger partial charge in [-0.1, -0.05) is 48.6 Å². The molecule has 0 heteroatoms. The summed E-state index contributed by atoms with van der Waals surface area (Å²) >= 11 is 0. The van der Waals surface area contributed by atoms with Crippen LogP contribution in [0.3, 0.4) is 0 Å². The number of aryl methyl sites for hydroxylation is 1. The number of fused-ring (bicyclic) bond motifs is 2. The quantitative estimate of drug-likeness (QED) is 0.622. The summed E-state index contributed by atoms with van der Waals surface area (Å²) in [6, 6.07) is 13.4. The van der Waals surface area contributed by atoms with Gasteiger partial charge in [0.05, 0.1) is 0 Å². The van der Waals surface area contributed by atoms with Gasteiger partial charge in [0.2, 0.25) is 0 Å². The van der Waals surface area contributed by atoms with Crippen LogP contribution in [-0.4, -0.2) is 0 Å². The van der Waals surface area contributed by atoms with Gasteiger partial charge in [0.25, 0.3) is 0 Å². The van der Waals surface area contributed by atoms with Crippen molar-refractivity contribution < 1.29 is 0 Å². The van der Waals surface area contributed by atoms with E-state index in [1.54, 1.807) is 5.56 Å². The largest absolute Gasteiger partial charge is 0.0998 e. The number of allylic oxidation sites excluding steroid dienone is 1. The number of benzene rings is 2. The molecular formula is C17H18. The van der Waals surface area contributed by atoms with E-state index in [9.17, 15) is 0 Å². The number of hydrogen-bond acceptors (Lipinski definition) is 0. The summed E-state index contributed by atoms with van der Waals surface area (Å²) in [7, 11) is 0. The molecule has 0 fully saturated rings. The molecule has 2 aromatic carbocycles. The Labute approximate surface area is 103 Å². The highest BCUT2D eigenvalue weighted by molar-refractivity contribution is 5.84. The van der Waals surface area contributed by atoms with Crippen molar-refractivity contribution in [2.75, 3.05) is 0 Å². The molecular weight excluding hydrogens is 204 g/mol. The summed E-state index contributed by atoms with van der Waals surface area (Å²) in [6.07, 6.45) is 3.65. The lowest BCUT2D eigenvalue weighted by Crippen LogP contribution is -2.14. The van der Waals surface area contributed by atoms with E-state index in [0.717, 1.165) is 0 Å². The molecule has 0 saturated heterocycles. The lowest BCUT2D eigenvalue weighted by molar-refractivity contribution is 0.528. The van der Waals surface area contributed by atoms with Crippen LogP contribution in [0, 0.1) is 5.92 Å². The molecule has 1 unspecified atom stereocenters. The van der Waals surface area contributed by atoms with Gasteiger partial charge in [0, 0.05) is 0 Å². The topological polar surface area (TPSA) is 0 Å². The van der Waals surface area contributed by atoms with Gasteiger partial charge in [-0.05, 0) is 54.0 Å². The second-order valence-electron chi connectivity index (χ2n) is 5.25. The van der Waals surface area contributed by atoms with Gasteiger partial charge in [0.15, 0.2) is 0 Å². The Morgan fingerprint density at radius 2 is 1.76 bits per heavy atom. The molecule has 86 valence electrons. The molecule has 3 rings (SSSR count). The normalized spacial score (nSPS) is 19.0. The molecule has 0 N–H and O–H groups in total. The van der Waals surface area contributed by atoms with E-state index in [0.29, 0.717) is 5.92 Å². The van der Waals surface area contributed by atoms with Gasteiger partial charge in [-0.3, -0.25) is 0 Å². The van der Waals surface area contributed by atoms with Crippen LogP contribution in [0.1, 0.15) is 24.5 Å². The standard InChI is InChI=1S/C17H18/c1-12(2)13-7-8-16-10-14-5-3-4-6-15(14)11-17(16)9-13/h3-6,10-11,13H,1,7-9H2,2H3. The Morgan fingerprint density at radius 3 is 2.41 bits per heavy atom. The van der Waals surface area contributed by atoms with Crippen molar-refractivity contribution in [2.24, 2.45) is 5.92 Å². The molecule has 0 aliphatic heterocycles. The van der Waals surface area contributed by atoms with Crippen molar-refractivity contribution in [3.05, 3.63) is 59.7 Å². The van der Waals surface area contributed by atoms with Gasteiger partial charge < -0.3 is 0 Å². The average Bonchev–Trinajstić information content (AvgIpc) is 2.35. The first kappa shape index (κ1) is 10.6. The Bertz CT molecular complexity index is 578. The molecule has 2 aromatic rings. The summed E-state index contributed by atoms with van der Waals surface area (Å²) in [5, 5.41) is 2.74. The maximum atomic E-state index is 4.11. The molecule has 0 bridgehead atoms. The molecule has 0 radical (unpaired) electrons. The maximum Gasteiger partial charge on any atom is -0.0165 e. The van der Waals surface area contributed by atoms with E-state index in [2.05, 4.69) is 49.9 Å². The van der Waals surface area contributed by atoms with Crippen molar-refractivity contribution >= 4 is 10.8 Å². The minimum atomic E-state index is 0.684. The summed E-state index contributed by atoms with van der Waals surface area (Å²) < 4.78 is 0. The zero-order chi connectivity index (χ0) is 11.8. The second kappa shape index (κ2) is 4.03. The van der Waals surface area contributed by atoms with Crippen LogP contribution in [0.15, 0.2) is 48.6 Å². The molecule has 0 nitrogen and oxygen atoms in total. The SMILES string of the molecule is C=C(C)C1CCc2cc3ccccc3cc2C1. The summed E-state index contributed by atoms with van der Waals surface area (Å²) in [6.45, 7) is 6.28. The second-order valence-corrected chi connectivity index (χ2v) is 5.25. The first-order valence-electron chi connectivity index (χ1n) is 6.40. The molecule has 1 aliphatic rings. The highest BCUT2D eigenvalue weighted by atomic mass is 14.2. The Kier molecular flexibility index (Phi) is 2.51. The molecule has 17 heavy (non-hydrogen) atoms. The molecule has 0 aromatic heterocycles. The third-order valence-corrected chi connectivity index (χ3v) is 3.99. The van der Waals surface area contributed by atoms with Gasteiger partial charge in [0.1, 0.15) is 0 Å². The predicted octanol–water partition coefficient (Wildman–Crippen LogP) is 4.52. The number of rotatable bonds is 1. The van der Waals surface area contributed by atoms with Crippen molar-refractivity contribution in [3.63, 3.8) is 0 Å². The first-order chi connectivity index (χ1) is 8.24. The van der Waals surface area contributed by atoms with Crippen LogP contribution in [-0.2, 0) is 12.8 Å². The van der Waals surface area contributed by atoms with E-state index in [1.165, 1.54) is 41.2 Å². The van der Waals surface area contributed by atoms with Crippen LogP contribution in [0.5, 0.6) is 0 Å². The minimum absolute atomic E-state index is 0.684. The van der Waals surface area contributed by atoms with Crippen LogP contribution < -0.4 is 0 Å². The third-order valence-electron chi connectivity index (χ3n) is 3.99. The fourth-order valence-electron chi connectivity index (χ4n) is 2.88. The van der Waals surface area contributed by atoms with Crippen molar-refractivity contribution in [1.29, 1.82) is 0 Å². The van der Waals surface area contributed by atoms with Gasteiger partial charge >= 0.3 is 0 Å². The fourth-order valence-corrected chi connectivity index (χ4v) is 2.88. The lowest BCUT2D eigenvalue weighted by Gasteiger charge is -2.25. The van der Waals surface area contributed by atoms with Crippen molar-refractivity contribution in [3.8, 4) is 0 Å². The van der Waals surface area contributed by atoms with Gasteiger partial charge in [-0.25, -0.2) is 0 Å². The first-order valence-corrected chi connectivity index (χ1v) is 6.40. The predicted molar refractivity (Wildman–Crippen MR) is 74.3 cm³/mol. The highest BCUT2D eigenvalue weighted by Gasteiger charge is 2.19. The smallest absolute Gasteiger partial charge is 0.0165 e. The van der Waals surface area contributed by atoms with E-state index >= 15 is 0 Å². The summed E-state index contributed by atoms with van der Waals surface area (Å²) in [5.74, 6) is 0.684. The molecule has 0 heterocycles. The van der Waals surface area contributed by atoms with Crippen LogP contribution in [0.4, 0.5) is 0 Å². The van der Waals surface area contributed by atoms with Gasteiger partial charge in [-0.2, -0.15) is 0 Å². The van der Waals surface area contributed by atoms with Crippen LogP contribution in [0.2, 0.25) is 0 Å². The molecule has 1 aliphatic carbocycles. The zero-order valence-corrected chi connectivity index (χ0v) is 10.4. The van der Waals surface area contributed by atoms with Crippen molar-refractivity contribution in [1.82, 2.24) is 0 Å². The fraction of sp³-hybridized carbons (Fsp3) is 0.294. The lowest BCUT2D eigenvalue weighted by atomic mass is 9.80. The average molecular weight is 222 g/mol. The Morgan fingerprint density at radius 1 is 1.12 bits per heavy atom. The Hall–Kier alpha value is -1.56. The Balaban J connectivity index is 2.07. The third kappa shape index (κ3) is 1.88. The minimum Gasteiger partial charge on any atom is -0.0998 e. The zero-order valence-electron chi connectivity index (χ0n) is 10.4. The molecule has 1 atom stereocenters. The maximum absolute atomic E-state index is 4.11. The number of hydrogen-bond donors (Lipinski definition) is 0. The molecule has 0 saturated carbocycles.